The number of anilines is 1. The maximum absolute atomic E-state index is 13.0. The third kappa shape index (κ3) is 2.80. The van der Waals surface area contributed by atoms with Gasteiger partial charge in [-0.15, -0.1) is 0 Å². The van der Waals surface area contributed by atoms with Crippen molar-refractivity contribution in [1.82, 2.24) is 4.90 Å². The third-order valence-corrected chi connectivity index (χ3v) is 5.70. The Labute approximate surface area is 148 Å². The molecule has 1 aliphatic carbocycles. The van der Waals surface area contributed by atoms with Gasteiger partial charge in [-0.3, -0.25) is 9.59 Å². The molecule has 130 valence electrons. The van der Waals surface area contributed by atoms with Gasteiger partial charge in [0.1, 0.15) is 6.04 Å². The topological polar surface area (TPSA) is 40.6 Å². The standard InChI is InChI=1S/C21H24N2O2/c1-15-20(24)23(14-13-22(15)21(25)17-8-2-3-9-17)19-12-6-10-16-7-4-5-11-18(16)19/h4-7,10-12,15,17H,2-3,8-9,13-14H2,1H3/t15-/m0/s1. The quantitative estimate of drug-likeness (QED) is 0.841. The van der Waals surface area contributed by atoms with Crippen molar-refractivity contribution in [3.05, 3.63) is 42.5 Å². The van der Waals surface area contributed by atoms with Crippen molar-refractivity contribution in [3.8, 4) is 0 Å². The Bertz CT molecular complexity index is 805. The van der Waals surface area contributed by atoms with Gasteiger partial charge in [0.2, 0.25) is 11.8 Å². The van der Waals surface area contributed by atoms with Gasteiger partial charge in [-0.1, -0.05) is 49.2 Å². The van der Waals surface area contributed by atoms with E-state index in [-0.39, 0.29) is 23.8 Å². The van der Waals surface area contributed by atoms with Crippen molar-refractivity contribution in [2.75, 3.05) is 18.0 Å². The summed E-state index contributed by atoms with van der Waals surface area (Å²) in [4.78, 5) is 29.5. The lowest BCUT2D eigenvalue weighted by atomic mass is 10.0. The van der Waals surface area contributed by atoms with Crippen LogP contribution >= 0.6 is 0 Å². The molecule has 0 N–H and O–H groups in total. The van der Waals surface area contributed by atoms with E-state index in [4.69, 9.17) is 0 Å². The first-order valence-electron chi connectivity index (χ1n) is 9.26. The van der Waals surface area contributed by atoms with E-state index >= 15 is 0 Å². The van der Waals surface area contributed by atoms with Crippen LogP contribution in [0.2, 0.25) is 0 Å². The molecule has 2 aliphatic rings. The second-order valence-corrected chi connectivity index (χ2v) is 7.18. The predicted molar refractivity (Wildman–Crippen MR) is 99.4 cm³/mol. The minimum atomic E-state index is -0.388. The lowest BCUT2D eigenvalue weighted by molar-refractivity contribution is -0.143. The maximum Gasteiger partial charge on any atom is 0.249 e. The number of rotatable bonds is 2. The highest BCUT2D eigenvalue weighted by Gasteiger charge is 2.38. The summed E-state index contributed by atoms with van der Waals surface area (Å²) in [6.07, 6.45) is 4.22. The van der Waals surface area contributed by atoms with Crippen molar-refractivity contribution in [3.63, 3.8) is 0 Å². The summed E-state index contributed by atoms with van der Waals surface area (Å²) in [6, 6.07) is 13.8. The lowest BCUT2D eigenvalue weighted by Gasteiger charge is -2.40. The molecule has 25 heavy (non-hydrogen) atoms. The molecule has 1 atom stereocenters. The summed E-state index contributed by atoms with van der Waals surface area (Å²) in [5.74, 6) is 0.323. The monoisotopic (exact) mass is 336 g/mol. The molecule has 4 nitrogen and oxygen atoms in total. The first kappa shape index (κ1) is 16.1. The van der Waals surface area contributed by atoms with Gasteiger partial charge in [0.05, 0.1) is 5.69 Å². The Balaban J connectivity index is 1.60. The van der Waals surface area contributed by atoms with Crippen LogP contribution in [0.3, 0.4) is 0 Å². The first-order valence-corrected chi connectivity index (χ1v) is 9.26. The fourth-order valence-corrected chi connectivity index (χ4v) is 4.26. The summed E-state index contributed by atoms with van der Waals surface area (Å²) in [7, 11) is 0. The summed E-state index contributed by atoms with van der Waals surface area (Å²) in [5.41, 5.74) is 0.947. The molecular formula is C21H24N2O2. The van der Waals surface area contributed by atoms with Crippen LogP contribution in [0.25, 0.3) is 10.8 Å². The number of piperazine rings is 1. The molecule has 1 heterocycles. The molecule has 0 radical (unpaired) electrons. The molecule has 0 aromatic heterocycles. The molecule has 2 fully saturated rings. The second kappa shape index (κ2) is 6.51. The Morgan fingerprint density at radius 1 is 1.00 bits per heavy atom. The van der Waals surface area contributed by atoms with Crippen LogP contribution < -0.4 is 4.90 Å². The van der Waals surface area contributed by atoms with Gasteiger partial charge in [0.25, 0.3) is 0 Å². The number of hydrogen-bond acceptors (Lipinski definition) is 2. The lowest BCUT2D eigenvalue weighted by Crippen LogP contribution is -2.58. The average molecular weight is 336 g/mol. The normalized spacial score (nSPS) is 22.0. The fraction of sp³-hybridized carbons (Fsp3) is 0.429. The van der Waals surface area contributed by atoms with Crippen molar-refractivity contribution in [1.29, 1.82) is 0 Å². The Morgan fingerprint density at radius 3 is 2.52 bits per heavy atom. The molecule has 4 rings (SSSR count). The number of benzene rings is 2. The van der Waals surface area contributed by atoms with Gasteiger partial charge in [0.15, 0.2) is 0 Å². The molecular weight excluding hydrogens is 312 g/mol. The number of hydrogen-bond donors (Lipinski definition) is 0. The summed E-state index contributed by atoms with van der Waals surface area (Å²) >= 11 is 0. The third-order valence-electron chi connectivity index (χ3n) is 5.70. The van der Waals surface area contributed by atoms with E-state index in [0.717, 1.165) is 42.1 Å². The van der Waals surface area contributed by atoms with Crippen LogP contribution in [0.5, 0.6) is 0 Å². The summed E-state index contributed by atoms with van der Waals surface area (Å²) < 4.78 is 0. The number of carbonyl (C=O) groups is 2. The Morgan fingerprint density at radius 2 is 1.72 bits per heavy atom. The number of amides is 2. The molecule has 4 heteroatoms. The van der Waals surface area contributed by atoms with E-state index in [1.165, 1.54) is 0 Å². The van der Waals surface area contributed by atoms with E-state index in [2.05, 4.69) is 18.2 Å². The van der Waals surface area contributed by atoms with Gasteiger partial charge in [0, 0.05) is 24.4 Å². The first-order chi connectivity index (χ1) is 12.2. The molecule has 0 spiro atoms. The fourth-order valence-electron chi connectivity index (χ4n) is 4.26. The highest BCUT2D eigenvalue weighted by Crippen LogP contribution is 2.31. The van der Waals surface area contributed by atoms with Crippen LogP contribution in [0.4, 0.5) is 5.69 Å². The largest absolute Gasteiger partial charge is 0.329 e. The van der Waals surface area contributed by atoms with Crippen molar-refractivity contribution in [2.24, 2.45) is 5.92 Å². The van der Waals surface area contributed by atoms with E-state index in [0.29, 0.717) is 13.1 Å². The summed E-state index contributed by atoms with van der Waals surface area (Å²) in [6.45, 7) is 3.05. The minimum absolute atomic E-state index is 0.0222. The van der Waals surface area contributed by atoms with Crippen LogP contribution in [-0.2, 0) is 9.59 Å². The van der Waals surface area contributed by atoms with Gasteiger partial charge in [-0.25, -0.2) is 0 Å². The molecule has 0 unspecified atom stereocenters. The highest BCUT2D eigenvalue weighted by atomic mass is 16.2. The zero-order valence-electron chi connectivity index (χ0n) is 14.6. The van der Waals surface area contributed by atoms with Crippen LogP contribution in [0, 0.1) is 5.92 Å². The minimum Gasteiger partial charge on any atom is -0.329 e. The Hall–Kier alpha value is -2.36. The van der Waals surface area contributed by atoms with E-state index in [9.17, 15) is 9.59 Å². The van der Waals surface area contributed by atoms with Crippen LogP contribution in [0.15, 0.2) is 42.5 Å². The SMILES string of the molecule is C[C@H]1C(=O)N(c2cccc3ccccc23)CCN1C(=O)C1CCCC1. The predicted octanol–water partition coefficient (Wildman–Crippen LogP) is 3.59. The molecule has 0 bridgehead atoms. The molecule has 2 aromatic rings. The van der Waals surface area contributed by atoms with E-state index in [1.54, 1.807) is 4.90 Å². The number of carbonyl (C=O) groups excluding carboxylic acids is 2. The van der Waals surface area contributed by atoms with E-state index < -0.39 is 0 Å². The number of nitrogens with zero attached hydrogens (tertiary/aromatic N) is 2. The van der Waals surface area contributed by atoms with Gasteiger partial charge in [-0.05, 0) is 31.2 Å². The van der Waals surface area contributed by atoms with Gasteiger partial charge in [-0.2, -0.15) is 0 Å². The smallest absolute Gasteiger partial charge is 0.249 e. The molecule has 2 amide bonds. The van der Waals surface area contributed by atoms with Crippen molar-refractivity contribution < 1.29 is 9.59 Å². The summed E-state index contributed by atoms with van der Waals surface area (Å²) in [5, 5.41) is 2.21. The van der Waals surface area contributed by atoms with Gasteiger partial charge >= 0.3 is 0 Å². The number of fused-ring (bicyclic) bond motifs is 1. The molecule has 2 aromatic carbocycles. The van der Waals surface area contributed by atoms with Crippen molar-refractivity contribution in [2.45, 2.75) is 38.6 Å². The zero-order chi connectivity index (χ0) is 17.4. The van der Waals surface area contributed by atoms with Crippen LogP contribution in [0.1, 0.15) is 32.6 Å². The maximum atomic E-state index is 13.0. The van der Waals surface area contributed by atoms with Gasteiger partial charge < -0.3 is 9.80 Å². The molecule has 1 saturated heterocycles. The highest BCUT2D eigenvalue weighted by molar-refractivity contribution is 6.07. The zero-order valence-corrected chi connectivity index (χ0v) is 14.6. The molecule has 1 aliphatic heterocycles. The van der Waals surface area contributed by atoms with E-state index in [1.807, 2.05) is 36.1 Å². The Kier molecular flexibility index (Phi) is 4.20. The second-order valence-electron chi connectivity index (χ2n) is 7.18. The average Bonchev–Trinajstić information content (AvgIpc) is 3.18. The van der Waals surface area contributed by atoms with Crippen molar-refractivity contribution >= 4 is 28.3 Å². The van der Waals surface area contributed by atoms with Crippen LogP contribution in [-0.4, -0.2) is 35.8 Å². The molecule has 1 saturated carbocycles.